The number of benzene rings is 1. The molecule has 0 radical (unpaired) electrons. The first kappa shape index (κ1) is 25.8. The van der Waals surface area contributed by atoms with Gasteiger partial charge in [0.1, 0.15) is 5.22 Å². The van der Waals surface area contributed by atoms with Crippen molar-refractivity contribution in [1.82, 2.24) is 0 Å². The highest BCUT2D eigenvalue weighted by Crippen LogP contribution is 2.42. The highest BCUT2D eigenvalue weighted by molar-refractivity contribution is 6.70. The summed E-state index contributed by atoms with van der Waals surface area (Å²) in [6.45, 7) is 13.1. The van der Waals surface area contributed by atoms with Gasteiger partial charge < -0.3 is 18.3 Å². The van der Waals surface area contributed by atoms with E-state index in [0.717, 1.165) is 45.1 Å². The molecule has 166 valence electrons. The van der Waals surface area contributed by atoms with E-state index < -0.39 is 8.56 Å². The average Bonchev–Trinajstić information content (AvgIpc) is 2.75. The minimum Gasteiger partial charge on any atom is -0.462 e. The Labute approximate surface area is 178 Å². The summed E-state index contributed by atoms with van der Waals surface area (Å²) >= 11 is 0. The lowest BCUT2D eigenvalue weighted by Crippen LogP contribution is -2.65. The first-order valence-corrected chi connectivity index (χ1v) is 13.2. The molecule has 1 aromatic rings. The molecule has 1 aliphatic rings. The highest BCUT2D eigenvalue weighted by Gasteiger charge is 2.58. The van der Waals surface area contributed by atoms with E-state index in [1.807, 2.05) is 25.1 Å². The van der Waals surface area contributed by atoms with Crippen molar-refractivity contribution < 1.29 is 23.1 Å². The zero-order chi connectivity index (χ0) is 21.6. The number of carbonyl (C=O) groups excluding carboxylic acids is 1. The van der Waals surface area contributed by atoms with Gasteiger partial charge >= 0.3 is 14.5 Å². The molecule has 2 rings (SSSR count). The van der Waals surface area contributed by atoms with Crippen molar-refractivity contribution in [2.45, 2.75) is 78.0 Å². The normalized spacial score (nSPS) is 20.4. The standard InChI is InChI=1S/C13H28O3Si.C10H12O2/c1-5-13(14-6-2)11-9-10-12-17(13,15-7-3)16-8-4;1-2-8-12-10(11)9-6-4-3-5-7-9/h5-12H2,1-4H3;3-7H,2,8H2,1H3. The van der Waals surface area contributed by atoms with Crippen molar-refractivity contribution in [3.63, 3.8) is 0 Å². The van der Waals surface area contributed by atoms with E-state index in [4.69, 9.17) is 18.3 Å². The lowest BCUT2D eigenvalue weighted by Gasteiger charge is -2.49. The molecule has 0 bridgehead atoms. The monoisotopic (exact) mass is 424 g/mol. The molecular weight excluding hydrogens is 384 g/mol. The fourth-order valence-electron chi connectivity index (χ4n) is 3.96. The predicted octanol–water partition coefficient (Wildman–Crippen LogP) is 5.66. The third-order valence-corrected chi connectivity index (χ3v) is 9.88. The molecule has 6 heteroatoms. The SMILES string of the molecule is CCCOC(=O)c1ccccc1.CCOC1(CC)CCCC[Si]1(OCC)OCC. The van der Waals surface area contributed by atoms with Crippen molar-refractivity contribution in [1.29, 1.82) is 0 Å². The fourth-order valence-corrected chi connectivity index (χ4v) is 8.42. The Morgan fingerprint density at radius 3 is 2.14 bits per heavy atom. The van der Waals surface area contributed by atoms with Crippen LogP contribution in [0.2, 0.25) is 6.04 Å². The summed E-state index contributed by atoms with van der Waals surface area (Å²) < 4.78 is 23.4. The summed E-state index contributed by atoms with van der Waals surface area (Å²) in [6.07, 6.45) is 5.43. The summed E-state index contributed by atoms with van der Waals surface area (Å²) in [5, 5.41) is -0.119. The van der Waals surface area contributed by atoms with Crippen LogP contribution >= 0.6 is 0 Å². The summed E-state index contributed by atoms with van der Waals surface area (Å²) in [5.74, 6) is -0.238. The number of carbonyl (C=O) groups is 1. The number of esters is 1. The molecule has 0 aromatic heterocycles. The van der Waals surface area contributed by atoms with E-state index in [0.29, 0.717) is 12.2 Å². The quantitative estimate of drug-likeness (QED) is 0.358. The van der Waals surface area contributed by atoms with Crippen LogP contribution in [0, 0.1) is 0 Å². The topological polar surface area (TPSA) is 54.0 Å². The van der Waals surface area contributed by atoms with Gasteiger partial charge in [0.25, 0.3) is 0 Å². The Hall–Kier alpha value is -1.21. The lowest BCUT2D eigenvalue weighted by molar-refractivity contribution is -0.0426. The van der Waals surface area contributed by atoms with E-state index in [9.17, 15) is 4.79 Å². The van der Waals surface area contributed by atoms with Crippen LogP contribution in [0.3, 0.4) is 0 Å². The molecule has 0 saturated carbocycles. The maximum atomic E-state index is 11.2. The zero-order valence-electron chi connectivity index (χ0n) is 19.0. The second kappa shape index (κ2) is 13.9. The van der Waals surface area contributed by atoms with Crippen LogP contribution in [-0.4, -0.2) is 46.2 Å². The number of hydrogen-bond donors (Lipinski definition) is 0. The van der Waals surface area contributed by atoms with Crippen molar-refractivity contribution in [3.8, 4) is 0 Å². The van der Waals surface area contributed by atoms with Gasteiger partial charge in [-0.05, 0) is 58.2 Å². The minimum absolute atomic E-state index is 0.119. The van der Waals surface area contributed by atoms with Gasteiger partial charge in [-0.2, -0.15) is 0 Å². The van der Waals surface area contributed by atoms with Crippen molar-refractivity contribution >= 4 is 14.5 Å². The van der Waals surface area contributed by atoms with E-state index in [-0.39, 0.29) is 11.2 Å². The first-order valence-electron chi connectivity index (χ1n) is 11.2. The molecule has 1 atom stereocenters. The molecule has 0 spiro atoms. The molecular formula is C23H40O5Si. The van der Waals surface area contributed by atoms with Gasteiger partial charge in [-0.15, -0.1) is 0 Å². The van der Waals surface area contributed by atoms with Crippen molar-refractivity contribution in [2.24, 2.45) is 0 Å². The number of hydrogen-bond acceptors (Lipinski definition) is 5. The van der Waals surface area contributed by atoms with Crippen LogP contribution in [0.15, 0.2) is 30.3 Å². The van der Waals surface area contributed by atoms with E-state index >= 15 is 0 Å². The molecule has 1 heterocycles. The van der Waals surface area contributed by atoms with Crippen molar-refractivity contribution in [2.75, 3.05) is 26.4 Å². The average molecular weight is 425 g/mol. The Balaban J connectivity index is 0.000000308. The van der Waals surface area contributed by atoms with Crippen LogP contribution in [-0.2, 0) is 18.3 Å². The second-order valence-electron chi connectivity index (χ2n) is 7.11. The van der Waals surface area contributed by atoms with E-state index in [2.05, 4.69) is 27.7 Å². The molecule has 1 fully saturated rings. The maximum absolute atomic E-state index is 11.2. The van der Waals surface area contributed by atoms with Gasteiger partial charge in [0.05, 0.1) is 12.2 Å². The maximum Gasteiger partial charge on any atom is 0.371 e. The fraction of sp³-hybridized carbons (Fsp3) is 0.696. The first-order chi connectivity index (χ1) is 14.0. The molecule has 1 aromatic carbocycles. The van der Waals surface area contributed by atoms with E-state index in [1.165, 1.54) is 12.8 Å². The number of rotatable bonds is 10. The third kappa shape index (κ3) is 7.21. The Morgan fingerprint density at radius 1 is 0.966 bits per heavy atom. The Morgan fingerprint density at radius 2 is 1.62 bits per heavy atom. The molecule has 0 N–H and O–H groups in total. The van der Waals surface area contributed by atoms with Gasteiger partial charge in [0.15, 0.2) is 0 Å². The van der Waals surface area contributed by atoms with Gasteiger partial charge in [-0.25, -0.2) is 4.79 Å². The number of ether oxygens (including phenoxy) is 2. The molecule has 1 unspecified atom stereocenters. The molecule has 5 nitrogen and oxygen atoms in total. The summed E-state index contributed by atoms with van der Waals surface area (Å²) in [7, 11) is -2.21. The molecule has 1 aliphatic heterocycles. The van der Waals surface area contributed by atoms with Crippen LogP contribution in [0.25, 0.3) is 0 Å². The van der Waals surface area contributed by atoms with Crippen LogP contribution < -0.4 is 0 Å². The van der Waals surface area contributed by atoms with Crippen LogP contribution in [0.4, 0.5) is 0 Å². The Bertz CT molecular complexity index is 550. The Kier molecular flexibility index (Phi) is 12.4. The van der Waals surface area contributed by atoms with Crippen LogP contribution in [0.5, 0.6) is 0 Å². The summed E-state index contributed by atoms with van der Waals surface area (Å²) in [4.78, 5) is 11.2. The minimum atomic E-state index is -2.21. The highest BCUT2D eigenvalue weighted by atomic mass is 28.4. The zero-order valence-corrected chi connectivity index (χ0v) is 20.0. The molecule has 0 amide bonds. The summed E-state index contributed by atoms with van der Waals surface area (Å²) in [5.41, 5.74) is 0.617. The van der Waals surface area contributed by atoms with Gasteiger partial charge in [0.2, 0.25) is 0 Å². The summed E-state index contributed by atoms with van der Waals surface area (Å²) in [6, 6.07) is 10.1. The van der Waals surface area contributed by atoms with Gasteiger partial charge in [-0.3, -0.25) is 0 Å². The van der Waals surface area contributed by atoms with Gasteiger partial charge in [-0.1, -0.05) is 44.9 Å². The predicted molar refractivity (Wildman–Crippen MR) is 119 cm³/mol. The smallest absolute Gasteiger partial charge is 0.371 e. The largest absolute Gasteiger partial charge is 0.462 e. The van der Waals surface area contributed by atoms with Crippen LogP contribution in [0.1, 0.15) is 77.1 Å². The van der Waals surface area contributed by atoms with Crippen molar-refractivity contribution in [3.05, 3.63) is 35.9 Å². The second-order valence-corrected chi connectivity index (χ2v) is 10.6. The third-order valence-electron chi connectivity index (χ3n) is 5.22. The molecule has 29 heavy (non-hydrogen) atoms. The van der Waals surface area contributed by atoms with Gasteiger partial charge in [0, 0.05) is 19.8 Å². The van der Waals surface area contributed by atoms with E-state index in [1.54, 1.807) is 12.1 Å². The molecule has 1 saturated heterocycles. The molecule has 0 aliphatic carbocycles. The lowest BCUT2D eigenvalue weighted by atomic mass is 10.1.